The van der Waals surface area contributed by atoms with Gasteiger partial charge in [-0.25, -0.2) is 17.9 Å². The van der Waals surface area contributed by atoms with Gasteiger partial charge in [-0.3, -0.25) is 0 Å². The molecule has 7 nitrogen and oxygen atoms in total. The average molecular weight is 445 g/mol. The van der Waals surface area contributed by atoms with Crippen LogP contribution in [0.4, 0.5) is 19.0 Å². The number of carboxylic acid groups (broad SMARTS) is 1. The van der Waals surface area contributed by atoms with E-state index < -0.39 is 43.7 Å². The van der Waals surface area contributed by atoms with Crippen LogP contribution in [-0.2, 0) is 20.8 Å². The Morgan fingerprint density at radius 2 is 1.90 bits per heavy atom. The second-order valence-corrected chi connectivity index (χ2v) is 9.78. The van der Waals surface area contributed by atoms with Crippen LogP contribution in [0, 0.1) is 6.92 Å². The largest absolute Gasteiger partial charge is 0.480 e. The lowest BCUT2D eigenvalue weighted by atomic mass is 10.2. The molecule has 30 heavy (non-hydrogen) atoms. The summed E-state index contributed by atoms with van der Waals surface area (Å²) in [5.41, 5.74) is -0.630. The predicted molar refractivity (Wildman–Crippen MR) is 103 cm³/mol. The number of halogens is 3. The zero-order valence-corrected chi connectivity index (χ0v) is 17.4. The molecule has 1 aliphatic rings. The molecule has 0 aliphatic carbocycles. The van der Waals surface area contributed by atoms with Crippen molar-refractivity contribution in [3.63, 3.8) is 0 Å². The number of carbonyl (C=O) groups is 1. The summed E-state index contributed by atoms with van der Waals surface area (Å²) in [6.07, 6.45) is -5.17. The number of rotatable bonds is 5. The molecule has 0 saturated carbocycles. The molecule has 0 radical (unpaired) electrons. The smallest absolute Gasteiger partial charge is 0.417 e. The fourth-order valence-electron chi connectivity index (χ4n) is 3.74. The minimum atomic E-state index is -4.85. The van der Waals surface area contributed by atoms with Gasteiger partial charge in [0.05, 0.1) is 21.4 Å². The summed E-state index contributed by atoms with van der Waals surface area (Å²) in [5, 5.41) is 12.7. The number of hydrogen-bond donors (Lipinski definition) is 1. The van der Waals surface area contributed by atoms with Gasteiger partial charge in [-0.1, -0.05) is 12.1 Å². The third-order valence-corrected chi connectivity index (χ3v) is 7.30. The van der Waals surface area contributed by atoms with E-state index in [1.54, 1.807) is 17.7 Å². The highest BCUT2D eigenvalue weighted by molar-refractivity contribution is 7.92. The Balaban J connectivity index is 2.05. The zero-order chi connectivity index (χ0) is 22.4. The van der Waals surface area contributed by atoms with Gasteiger partial charge >= 0.3 is 12.1 Å². The first-order valence-corrected chi connectivity index (χ1v) is 10.8. The summed E-state index contributed by atoms with van der Waals surface area (Å²) in [4.78, 5) is 12.4. The Hall–Kier alpha value is -2.56. The lowest BCUT2D eigenvalue weighted by molar-refractivity contribution is -0.140. The fraction of sp³-hybridized carbons (Fsp3) is 0.474. The number of aromatic nitrogens is 2. The van der Waals surface area contributed by atoms with Gasteiger partial charge in [0.2, 0.25) is 0 Å². The summed E-state index contributed by atoms with van der Waals surface area (Å²) in [6.45, 7) is 5.16. The highest BCUT2D eigenvalue weighted by atomic mass is 32.2. The predicted octanol–water partition coefficient (Wildman–Crippen LogP) is 3.30. The molecule has 11 heteroatoms. The third-order valence-electron chi connectivity index (χ3n) is 5.11. The molecule has 1 fully saturated rings. The van der Waals surface area contributed by atoms with Crippen molar-refractivity contribution in [2.75, 3.05) is 11.4 Å². The van der Waals surface area contributed by atoms with Crippen molar-refractivity contribution in [2.24, 2.45) is 0 Å². The number of nitrogens with zero attached hydrogens (tertiary/aromatic N) is 3. The molecule has 1 aromatic carbocycles. The lowest BCUT2D eigenvalue weighted by Gasteiger charge is -2.25. The molecular weight excluding hydrogens is 423 g/mol. The monoisotopic (exact) mass is 445 g/mol. The van der Waals surface area contributed by atoms with Crippen LogP contribution in [0.2, 0.25) is 0 Å². The van der Waals surface area contributed by atoms with Gasteiger partial charge < -0.3 is 10.0 Å². The molecule has 2 aromatic rings. The Kier molecular flexibility index (Phi) is 5.61. The maximum absolute atomic E-state index is 13.4. The van der Waals surface area contributed by atoms with Crippen molar-refractivity contribution >= 4 is 21.6 Å². The molecule has 3 rings (SSSR count). The number of anilines is 1. The Morgan fingerprint density at radius 1 is 1.27 bits per heavy atom. The SMILES string of the molecule is Cc1cc(N2CC(S(=O)(=O)c3ccccc3C(F)(F)F)CC2C(=O)O)n(C(C)C)n1. The zero-order valence-electron chi connectivity index (χ0n) is 16.6. The molecule has 0 bridgehead atoms. The molecule has 2 atom stereocenters. The third kappa shape index (κ3) is 3.90. The van der Waals surface area contributed by atoms with E-state index in [2.05, 4.69) is 5.10 Å². The van der Waals surface area contributed by atoms with Crippen LogP contribution < -0.4 is 4.90 Å². The van der Waals surface area contributed by atoms with Crippen LogP contribution in [0.1, 0.15) is 37.6 Å². The lowest BCUT2D eigenvalue weighted by Crippen LogP contribution is -2.37. The second-order valence-electron chi connectivity index (χ2n) is 7.59. The van der Waals surface area contributed by atoms with Gasteiger partial charge in [0.15, 0.2) is 9.84 Å². The normalized spacial score (nSPS) is 20.2. The van der Waals surface area contributed by atoms with Crippen molar-refractivity contribution in [3.8, 4) is 0 Å². The number of alkyl halides is 3. The van der Waals surface area contributed by atoms with Crippen LogP contribution >= 0.6 is 0 Å². The minimum Gasteiger partial charge on any atom is -0.480 e. The Bertz CT molecular complexity index is 1060. The Morgan fingerprint density at radius 3 is 2.47 bits per heavy atom. The Labute approximate surface area is 172 Å². The first-order chi connectivity index (χ1) is 13.8. The average Bonchev–Trinajstić information content (AvgIpc) is 3.25. The summed E-state index contributed by atoms with van der Waals surface area (Å²) in [7, 11) is -4.44. The van der Waals surface area contributed by atoms with Gasteiger partial charge in [0, 0.05) is 18.7 Å². The van der Waals surface area contributed by atoms with Crippen molar-refractivity contribution in [1.29, 1.82) is 0 Å². The van der Waals surface area contributed by atoms with E-state index in [1.807, 2.05) is 13.8 Å². The topological polar surface area (TPSA) is 92.5 Å². The van der Waals surface area contributed by atoms with E-state index in [4.69, 9.17) is 0 Å². The maximum atomic E-state index is 13.4. The van der Waals surface area contributed by atoms with E-state index in [-0.39, 0.29) is 19.0 Å². The van der Waals surface area contributed by atoms with Gasteiger partial charge in [-0.05, 0) is 39.3 Å². The summed E-state index contributed by atoms with van der Waals surface area (Å²) >= 11 is 0. The second kappa shape index (κ2) is 7.60. The summed E-state index contributed by atoms with van der Waals surface area (Å²) < 4.78 is 68.0. The van der Waals surface area contributed by atoms with Crippen LogP contribution in [0.3, 0.4) is 0 Å². The number of aryl methyl sites for hydroxylation is 1. The minimum absolute atomic E-state index is 0.121. The highest BCUT2D eigenvalue weighted by Gasteiger charge is 2.47. The molecule has 1 saturated heterocycles. The summed E-state index contributed by atoms with van der Waals surface area (Å²) in [6, 6.07) is 4.30. The van der Waals surface area contributed by atoms with Crippen molar-refractivity contribution in [3.05, 3.63) is 41.6 Å². The maximum Gasteiger partial charge on any atom is 0.417 e. The van der Waals surface area contributed by atoms with E-state index in [0.29, 0.717) is 17.6 Å². The van der Waals surface area contributed by atoms with E-state index in [9.17, 15) is 31.5 Å². The molecule has 0 spiro atoms. The van der Waals surface area contributed by atoms with Crippen molar-refractivity contribution in [1.82, 2.24) is 9.78 Å². The van der Waals surface area contributed by atoms with E-state index in [0.717, 1.165) is 12.1 Å². The highest BCUT2D eigenvalue weighted by Crippen LogP contribution is 2.38. The van der Waals surface area contributed by atoms with Crippen molar-refractivity contribution in [2.45, 2.75) is 55.6 Å². The van der Waals surface area contributed by atoms with E-state index >= 15 is 0 Å². The van der Waals surface area contributed by atoms with Crippen LogP contribution in [-0.4, -0.2) is 47.1 Å². The fourth-order valence-corrected chi connectivity index (χ4v) is 5.65. The number of benzene rings is 1. The van der Waals surface area contributed by atoms with Gasteiger partial charge in [0.25, 0.3) is 0 Å². The van der Waals surface area contributed by atoms with Gasteiger partial charge in [-0.2, -0.15) is 18.3 Å². The molecule has 1 aromatic heterocycles. The standard InChI is InChI=1S/C19H22F3N3O4S/c1-11(2)25-17(8-12(3)23-25)24-10-13(9-15(24)18(26)27)30(28,29)16-7-5-4-6-14(16)19(20,21)22/h4-8,11,13,15H,9-10H2,1-3H3,(H,26,27). The molecule has 1 N–H and O–H groups in total. The number of carboxylic acids is 1. The molecule has 0 amide bonds. The van der Waals surface area contributed by atoms with Crippen molar-refractivity contribution < 1.29 is 31.5 Å². The first kappa shape index (κ1) is 22.1. The number of sulfone groups is 1. The molecule has 1 aliphatic heterocycles. The summed E-state index contributed by atoms with van der Waals surface area (Å²) in [5.74, 6) is -0.817. The van der Waals surface area contributed by atoms with Gasteiger partial charge in [0.1, 0.15) is 11.9 Å². The van der Waals surface area contributed by atoms with Crippen LogP contribution in [0.15, 0.2) is 35.2 Å². The molecular formula is C19H22F3N3O4S. The van der Waals surface area contributed by atoms with E-state index in [1.165, 1.54) is 11.0 Å². The van der Waals surface area contributed by atoms with Crippen LogP contribution in [0.5, 0.6) is 0 Å². The molecule has 2 unspecified atom stereocenters. The molecule has 164 valence electrons. The number of hydrogen-bond acceptors (Lipinski definition) is 5. The molecule has 2 heterocycles. The van der Waals surface area contributed by atoms with Crippen LogP contribution in [0.25, 0.3) is 0 Å². The first-order valence-electron chi connectivity index (χ1n) is 9.29. The van der Waals surface area contributed by atoms with Gasteiger partial charge in [-0.15, -0.1) is 0 Å². The quantitative estimate of drug-likeness (QED) is 0.759. The number of aliphatic carboxylic acids is 1.